The maximum absolute atomic E-state index is 11.6. The van der Waals surface area contributed by atoms with E-state index in [4.69, 9.17) is 34.8 Å². The maximum atomic E-state index is 11.6. The van der Waals surface area contributed by atoms with Gasteiger partial charge < -0.3 is 0 Å². The molecular weight excluding hydrogens is 357 g/mol. The van der Waals surface area contributed by atoms with Crippen molar-refractivity contribution in [3.8, 4) is 0 Å². The maximum Gasteiger partial charge on any atom is 0.253 e. The van der Waals surface area contributed by atoms with Crippen LogP contribution in [0.25, 0.3) is 0 Å². The van der Waals surface area contributed by atoms with E-state index in [1.54, 1.807) is 13.0 Å². The highest BCUT2D eigenvalue weighted by Crippen LogP contribution is 2.31. The Morgan fingerprint density at radius 1 is 1.36 bits per heavy atom. The lowest BCUT2D eigenvalue weighted by molar-refractivity contribution is 0.0995. The highest BCUT2D eigenvalue weighted by molar-refractivity contribution is 14.1. The molecule has 76 valence electrons. The first kappa shape index (κ1) is 12.6. The fourth-order valence-corrected chi connectivity index (χ4v) is 1.79. The highest BCUT2D eigenvalue weighted by atomic mass is 127. The summed E-state index contributed by atoms with van der Waals surface area (Å²) in [4.78, 5) is 11.6. The predicted molar refractivity (Wildman–Crippen MR) is 68.5 cm³/mol. The molecule has 0 atom stereocenters. The molecule has 1 rings (SSSR count). The van der Waals surface area contributed by atoms with Crippen LogP contribution in [-0.2, 0) is 0 Å². The van der Waals surface area contributed by atoms with Crippen LogP contribution in [0.1, 0.15) is 15.9 Å². The second-order valence-electron chi connectivity index (χ2n) is 2.79. The van der Waals surface area contributed by atoms with Gasteiger partial charge >= 0.3 is 0 Å². The van der Waals surface area contributed by atoms with Gasteiger partial charge in [-0.1, -0.05) is 40.9 Å². The average Bonchev–Trinajstić information content (AvgIpc) is 2.06. The second-order valence-corrected chi connectivity index (χ2v) is 6.31. The van der Waals surface area contributed by atoms with Gasteiger partial charge in [0, 0.05) is 9.13 Å². The Kier molecular flexibility index (Phi) is 4.09. The Morgan fingerprint density at radius 2 is 1.93 bits per heavy atom. The summed E-state index contributed by atoms with van der Waals surface area (Å²) in [5, 5.41) is 0. The van der Waals surface area contributed by atoms with Crippen molar-refractivity contribution in [2.24, 2.45) is 0 Å². The minimum atomic E-state index is -1.88. The molecule has 0 aliphatic rings. The second kappa shape index (κ2) is 4.56. The van der Waals surface area contributed by atoms with E-state index >= 15 is 0 Å². The van der Waals surface area contributed by atoms with Crippen LogP contribution in [0, 0.1) is 10.5 Å². The minimum absolute atomic E-state index is 0.455. The summed E-state index contributed by atoms with van der Waals surface area (Å²) >= 11 is 18.7. The number of alkyl halides is 3. The SMILES string of the molecule is Cc1ccc(I)cc1C(=O)C(Cl)(Cl)Cl. The summed E-state index contributed by atoms with van der Waals surface area (Å²) < 4.78 is -0.944. The van der Waals surface area contributed by atoms with Gasteiger partial charge in [0.05, 0.1) is 0 Å². The van der Waals surface area contributed by atoms with Crippen molar-refractivity contribution < 1.29 is 4.79 Å². The molecule has 0 fully saturated rings. The van der Waals surface area contributed by atoms with E-state index in [1.165, 1.54) is 0 Å². The number of ketones is 1. The summed E-state index contributed by atoms with van der Waals surface area (Å²) in [6.45, 7) is 1.81. The van der Waals surface area contributed by atoms with E-state index in [9.17, 15) is 4.79 Å². The van der Waals surface area contributed by atoms with Crippen molar-refractivity contribution in [1.82, 2.24) is 0 Å². The molecular formula is C9H6Cl3IO. The van der Waals surface area contributed by atoms with Crippen LogP contribution in [0.15, 0.2) is 18.2 Å². The molecule has 0 saturated carbocycles. The Labute approximate surface area is 111 Å². The van der Waals surface area contributed by atoms with Crippen LogP contribution in [-0.4, -0.2) is 9.58 Å². The zero-order valence-electron chi connectivity index (χ0n) is 7.15. The normalized spacial score (nSPS) is 11.5. The minimum Gasteiger partial charge on any atom is -0.289 e. The van der Waals surface area contributed by atoms with Gasteiger partial charge in [-0.2, -0.15) is 0 Å². The average molecular weight is 363 g/mol. The quantitative estimate of drug-likeness (QED) is 0.416. The Balaban J connectivity index is 3.19. The van der Waals surface area contributed by atoms with E-state index in [0.717, 1.165) is 9.13 Å². The summed E-state index contributed by atoms with van der Waals surface area (Å²) in [6, 6.07) is 5.43. The molecule has 0 N–H and O–H groups in total. The van der Waals surface area contributed by atoms with E-state index < -0.39 is 9.58 Å². The van der Waals surface area contributed by atoms with Crippen LogP contribution in [0.5, 0.6) is 0 Å². The third-order valence-corrected chi connectivity index (χ3v) is 2.89. The molecule has 1 nitrogen and oxygen atoms in total. The topological polar surface area (TPSA) is 17.1 Å². The lowest BCUT2D eigenvalue weighted by Gasteiger charge is -2.11. The van der Waals surface area contributed by atoms with Gasteiger partial charge in [-0.05, 0) is 47.2 Å². The van der Waals surface area contributed by atoms with Crippen molar-refractivity contribution in [3.05, 3.63) is 32.9 Å². The van der Waals surface area contributed by atoms with E-state index in [2.05, 4.69) is 22.6 Å². The van der Waals surface area contributed by atoms with Crippen LogP contribution >= 0.6 is 57.4 Å². The molecule has 0 aliphatic carbocycles. The van der Waals surface area contributed by atoms with Crippen LogP contribution in [0.2, 0.25) is 0 Å². The molecule has 0 unspecified atom stereocenters. The third-order valence-electron chi connectivity index (χ3n) is 1.70. The summed E-state index contributed by atoms with van der Waals surface area (Å²) in [6.07, 6.45) is 0. The van der Waals surface area contributed by atoms with Gasteiger partial charge in [-0.25, -0.2) is 0 Å². The van der Waals surface area contributed by atoms with Crippen molar-refractivity contribution >= 4 is 63.2 Å². The van der Waals surface area contributed by atoms with Gasteiger partial charge in [-0.15, -0.1) is 0 Å². The number of hydrogen-bond donors (Lipinski definition) is 0. The van der Waals surface area contributed by atoms with Crippen molar-refractivity contribution in [2.45, 2.75) is 10.7 Å². The van der Waals surface area contributed by atoms with Crippen LogP contribution < -0.4 is 0 Å². The summed E-state index contributed by atoms with van der Waals surface area (Å²) in [7, 11) is 0. The van der Waals surface area contributed by atoms with Crippen LogP contribution in [0.3, 0.4) is 0 Å². The lowest BCUT2D eigenvalue weighted by Crippen LogP contribution is -2.20. The van der Waals surface area contributed by atoms with Gasteiger partial charge in [0.25, 0.3) is 3.79 Å². The molecule has 14 heavy (non-hydrogen) atoms. The lowest BCUT2D eigenvalue weighted by atomic mass is 10.1. The smallest absolute Gasteiger partial charge is 0.253 e. The van der Waals surface area contributed by atoms with Gasteiger partial charge in [0.1, 0.15) is 0 Å². The molecule has 0 aliphatic heterocycles. The van der Waals surface area contributed by atoms with Crippen LogP contribution in [0.4, 0.5) is 0 Å². The number of hydrogen-bond acceptors (Lipinski definition) is 1. The molecule has 0 aromatic heterocycles. The highest BCUT2D eigenvalue weighted by Gasteiger charge is 2.32. The Morgan fingerprint density at radius 3 is 2.43 bits per heavy atom. The van der Waals surface area contributed by atoms with Gasteiger partial charge in [-0.3, -0.25) is 4.79 Å². The zero-order valence-corrected chi connectivity index (χ0v) is 11.6. The number of Topliss-reactive ketones (excluding diaryl/α,β-unsaturated/α-hetero) is 1. The monoisotopic (exact) mass is 362 g/mol. The largest absolute Gasteiger partial charge is 0.289 e. The third kappa shape index (κ3) is 2.99. The summed E-state index contributed by atoms with van der Waals surface area (Å²) in [5.41, 5.74) is 1.26. The van der Waals surface area contributed by atoms with E-state index in [-0.39, 0.29) is 0 Å². The number of aryl methyl sites for hydroxylation is 1. The Bertz CT molecular complexity index is 371. The van der Waals surface area contributed by atoms with Crippen molar-refractivity contribution in [1.29, 1.82) is 0 Å². The fourth-order valence-electron chi connectivity index (χ4n) is 0.992. The number of carbonyl (C=O) groups excluding carboxylic acids is 1. The fraction of sp³-hybridized carbons (Fsp3) is 0.222. The first-order valence-electron chi connectivity index (χ1n) is 3.70. The van der Waals surface area contributed by atoms with Crippen molar-refractivity contribution in [2.75, 3.05) is 0 Å². The first-order chi connectivity index (χ1) is 6.32. The summed E-state index contributed by atoms with van der Waals surface area (Å²) in [5.74, 6) is -0.487. The molecule has 0 heterocycles. The molecule has 1 aromatic rings. The van der Waals surface area contributed by atoms with Gasteiger partial charge in [0.2, 0.25) is 5.78 Å². The predicted octanol–water partition coefficient (Wildman–Crippen LogP) is 4.15. The molecule has 0 amide bonds. The van der Waals surface area contributed by atoms with Crippen molar-refractivity contribution in [3.63, 3.8) is 0 Å². The standard InChI is InChI=1S/C9H6Cl3IO/c1-5-2-3-6(13)4-7(5)8(14)9(10,11)12/h2-4H,1H3. The molecule has 1 aromatic carbocycles. The number of halogens is 4. The number of carbonyl (C=O) groups is 1. The number of rotatable bonds is 1. The molecule has 0 bridgehead atoms. The molecule has 0 radical (unpaired) electrons. The zero-order chi connectivity index (χ0) is 10.9. The van der Waals surface area contributed by atoms with Gasteiger partial charge in [0.15, 0.2) is 0 Å². The Hall–Kier alpha value is 0.490. The molecule has 0 saturated heterocycles. The molecule has 5 heteroatoms. The van der Waals surface area contributed by atoms with E-state index in [1.807, 2.05) is 12.1 Å². The first-order valence-corrected chi connectivity index (χ1v) is 5.91. The van der Waals surface area contributed by atoms with E-state index in [0.29, 0.717) is 5.56 Å². The number of benzene rings is 1. The molecule has 0 spiro atoms.